The molecule has 4 nitrogen and oxygen atoms in total. The van der Waals surface area contributed by atoms with Gasteiger partial charge in [0.1, 0.15) is 0 Å². The highest BCUT2D eigenvalue weighted by atomic mass is 15.0. The molecule has 0 unspecified atom stereocenters. The minimum Gasteiger partial charge on any atom is -0.307 e. The molecule has 10 rings (SSSR count). The second-order valence-corrected chi connectivity index (χ2v) is 11.8. The monoisotopic (exact) mass is 586 g/mol. The molecule has 0 saturated carbocycles. The molecule has 0 N–H and O–H groups in total. The topological polar surface area (TPSA) is 35.1 Å². The highest BCUT2D eigenvalue weighted by Crippen LogP contribution is 2.44. The Morgan fingerprint density at radius 1 is 0.391 bits per heavy atom. The standard InChI is InChI=1S/C42H26N4/c1-3-13-27(14-4-1)34-26-35(28-15-5-2-6-16-28)44-42(43-34)29-17-11-18-30(25-29)45-37-22-10-9-21-33(37)39-38-24-12-23-36-31-19-7-8-20-32(31)40(41(39)45)46(36)38/h1-26H. The molecule has 5 aromatic heterocycles. The maximum absolute atomic E-state index is 5.13. The fraction of sp³-hybridized carbons (Fsp3) is 0. The summed E-state index contributed by atoms with van der Waals surface area (Å²) in [6, 6.07) is 55.7. The van der Waals surface area contributed by atoms with E-state index in [1.807, 2.05) is 12.1 Å². The van der Waals surface area contributed by atoms with Crippen LogP contribution in [0.15, 0.2) is 158 Å². The Labute approximate surface area is 264 Å². The number of para-hydroxylation sites is 1. The van der Waals surface area contributed by atoms with Crippen LogP contribution in [-0.4, -0.2) is 18.9 Å². The van der Waals surface area contributed by atoms with Crippen molar-refractivity contribution in [2.45, 2.75) is 0 Å². The summed E-state index contributed by atoms with van der Waals surface area (Å²) in [4.78, 5) is 10.3. The smallest absolute Gasteiger partial charge is 0.160 e. The highest BCUT2D eigenvalue weighted by molar-refractivity contribution is 6.29. The van der Waals surface area contributed by atoms with E-state index in [1.54, 1.807) is 0 Å². The molecule has 4 heteroatoms. The van der Waals surface area contributed by atoms with Crippen molar-refractivity contribution in [1.82, 2.24) is 18.9 Å². The molecule has 0 aliphatic rings. The van der Waals surface area contributed by atoms with Crippen molar-refractivity contribution < 1.29 is 0 Å². The SMILES string of the molecule is c1ccc(-c2cc(-c3ccccc3)nc(-c3cccc(-n4c5ccccc5c5c4c4c6ccccc6c6cccc5n64)c3)n2)cc1. The van der Waals surface area contributed by atoms with Crippen LogP contribution in [0, 0.1) is 0 Å². The molecule has 0 saturated heterocycles. The van der Waals surface area contributed by atoms with Crippen LogP contribution < -0.4 is 0 Å². The Morgan fingerprint density at radius 3 is 1.70 bits per heavy atom. The maximum atomic E-state index is 5.13. The van der Waals surface area contributed by atoms with E-state index < -0.39 is 0 Å². The Bertz CT molecular complexity index is 2680. The Morgan fingerprint density at radius 2 is 0.957 bits per heavy atom. The zero-order valence-electron chi connectivity index (χ0n) is 24.8. The second-order valence-electron chi connectivity index (χ2n) is 11.8. The van der Waals surface area contributed by atoms with Gasteiger partial charge in [-0.2, -0.15) is 0 Å². The molecule has 46 heavy (non-hydrogen) atoms. The van der Waals surface area contributed by atoms with Crippen molar-refractivity contribution in [3.63, 3.8) is 0 Å². The van der Waals surface area contributed by atoms with Crippen LogP contribution >= 0.6 is 0 Å². The molecule has 0 spiro atoms. The lowest BCUT2D eigenvalue weighted by Gasteiger charge is -2.12. The van der Waals surface area contributed by atoms with E-state index in [0.717, 1.165) is 33.8 Å². The number of hydrogen-bond donors (Lipinski definition) is 0. The van der Waals surface area contributed by atoms with E-state index in [9.17, 15) is 0 Å². The molecular formula is C42H26N4. The maximum Gasteiger partial charge on any atom is 0.160 e. The molecule has 214 valence electrons. The van der Waals surface area contributed by atoms with Gasteiger partial charge in [0.25, 0.3) is 0 Å². The fourth-order valence-electron chi connectivity index (χ4n) is 7.29. The van der Waals surface area contributed by atoms with Gasteiger partial charge >= 0.3 is 0 Å². The largest absolute Gasteiger partial charge is 0.307 e. The number of aromatic nitrogens is 4. The van der Waals surface area contributed by atoms with Crippen LogP contribution in [0.5, 0.6) is 0 Å². The molecule has 0 bridgehead atoms. The van der Waals surface area contributed by atoms with E-state index in [2.05, 4.69) is 155 Å². The van der Waals surface area contributed by atoms with E-state index in [0.29, 0.717) is 5.82 Å². The molecule has 5 heterocycles. The molecule has 10 aromatic rings. The molecule has 0 aliphatic carbocycles. The number of fused-ring (bicyclic) bond motifs is 8. The first-order chi connectivity index (χ1) is 22.8. The number of benzene rings is 5. The van der Waals surface area contributed by atoms with Gasteiger partial charge in [-0.1, -0.05) is 121 Å². The summed E-state index contributed by atoms with van der Waals surface area (Å²) < 4.78 is 4.88. The van der Waals surface area contributed by atoms with E-state index >= 15 is 0 Å². The fourth-order valence-corrected chi connectivity index (χ4v) is 7.29. The molecule has 0 radical (unpaired) electrons. The van der Waals surface area contributed by atoms with Gasteiger partial charge in [0.2, 0.25) is 0 Å². The number of nitrogens with zero attached hydrogens (tertiary/aromatic N) is 4. The summed E-state index contributed by atoms with van der Waals surface area (Å²) in [6.45, 7) is 0. The summed E-state index contributed by atoms with van der Waals surface area (Å²) in [6.07, 6.45) is 0. The van der Waals surface area contributed by atoms with Gasteiger partial charge < -0.3 is 8.97 Å². The van der Waals surface area contributed by atoms with Crippen molar-refractivity contribution in [1.29, 1.82) is 0 Å². The third-order valence-electron chi connectivity index (χ3n) is 9.25. The van der Waals surface area contributed by atoms with Gasteiger partial charge in [-0.15, -0.1) is 0 Å². The number of pyridine rings is 1. The van der Waals surface area contributed by atoms with Crippen molar-refractivity contribution in [3.05, 3.63) is 158 Å². The summed E-state index contributed by atoms with van der Waals surface area (Å²) in [5, 5.41) is 5.06. The average molecular weight is 587 g/mol. The van der Waals surface area contributed by atoms with E-state index in [1.165, 1.54) is 49.1 Å². The Balaban J connectivity index is 1.26. The van der Waals surface area contributed by atoms with Gasteiger partial charge in [-0.05, 0) is 36.4 Å². The quantitative estimate of drug-likeness (QED) is 0.206. The lowest BCUT2D eigenvalue weighted by molar-refractivity contribution is 1.16. The second kappa shape index (κ2) is 9.62. The van der Waals surface area contributed by atoms with E-state index in [4.69, 9.17) is 9.97 Å². The van der Waals surface area contributed by atoms with Crippen LogP contribution in [0.1, 0.15) is 0 Å². The zero-order valence-corrected chi connectivity index (χ0v) is 24.8. The minimum atomic E-state index is 0.703. The first-order valence-corrected chi connectivity index (χ1v) is 15.6. The molecule has 0 atom stereocenters. The number of rotatable bonds is 4. The predicted molar refractivity (Wildman–Crippen MR) is 190 cm³/mol. The molecular weight excluding hydrogens is 560 g/mol. The lowest BCUT2D eigenvalue weighted by Crippen LogP contribution is -1.98. The normalized spacial score (nSPS) is 11.9. The van der Waals surface area contributed by atoms with Crippen LogP contribution in [0.3, 0.4) is 0 Å². The average Bonchev–Trinajstić information content (AvgIpc) is 3.77. The Kier molecular flexibility index (Phi) is 5.25. The molecule has 0 aliphatic heterocycles. The predicted octanol–water partition coefficient (Wildman–Crippen LogP) is 10.6. The third-order valence-corrected chi connectivity index (χ3v) is 9.25. The molecule has 5 aromatic carbocycles. The zero-order chi connectivity index (χ0) is 30.2. The summed E-state index contributed by atoms with van der Waals surface area (Å²) in [5.41, 5.74) is 12.1. The van der Waals surface area contributed by atoms with Crippen LogP contribution in [0.4, 0.5) is 0 Å². The van der Waals surface area contributed by atoms with Crippen molar-refractivity contribution in [2.24, 2.45) is 0 Å². The van der Waals surface area contributed by atoms with Crippen molar-refractivity contribution in [3.8, 4) is 39.6 Å². The summed E-state index contributed by atoms with van der Waals surface area (Å²) in [7, 11) is 0. The summed E-state index contributed by atoms with van der Waals surface area (Å²) >= 11 is 0. The van der Waals surface area contributed by atoms with E-state index in [-0.39, 0.29) is 0 Å². The van der Waals surface area contributed by atoms with Crippen molar-refractivity contribution >= 4 is 49.1 Å². The first-order valence-electron chi connectivity index (χ1n) is 15.6. The van der Waals surface area contributed by atoms with Crippen LogP contribution in [0.25, 0.3) is 88.7 Å². The first kappa shape index (κ1) is 25.1. The molecule has 0 amide bonds. The van der Waals surface area contributed by atoms with Crippen LogP contribution in [-0.2, 0) is 0 Å². The van der Waals surface area contributed by atoms with Gasteiger partial charge in [0.15, 0.2) is 5.82 Å². The minimum absolute atomic E-state index is 0.703. The van der Waals surface area contributed by atoms with Gasteiger partial charge in [-0.25, -0.2) is 9.97 Å². The lowest BCUT2D eigenvalue weighted by atomic mass is 10.1. The highest BCUT2D eigenvalue weighted by Gasteiger charge is 2.24. The van der Waals surface area contributed by atoms with Gasteiger partial charge in [-0.3, -0.25) is 0 Å². The number of hydrogen-bond acceptors (Lipinski definition) is 2. The molecule has 0 fully saturated rings. The third kappa shape index (κ3) is 3.55. The van der Waals surface area contributed by atoms with Gasteiger partial charge in [0.05, 0.1) is 39.0 Å². The van der Waals surface area contributed by atoms with Crippen molar-refractivity contribution in [2.75, 3.05) is 0 Å². The Hall–Kier alpha value is -6.26. The summed E-state index contributed by atoms with van der Waals surface area (Å²) in [5.74, 6) is 0.703. The van der Waals surface area contributed by atoms with Crippen LogP contribution in [0.2, 0.25) is 0 Å². The van der Waals surface area contributed by atoms with Gasteiger partial charge in [0, 0.05) is 43.9 Å².